The summed E-state index contributed by atoms with van der Waals surface area (Å²) in [6, 6.07) is 11.4. The first-order valence-electron chi connectivity index (χ1n) is 9.44. The monoisotopic (exact) mass is 404 g/mol. The van der Waals surface area contributed by atoms with E-state index in [9.17, 15) is 24.5 Å². The lowest BCUT2D eigenvalue weighted by Crippen LogP contribution is -2.43. The van der Waals surface area contributed by atoms with E-state index in [1.807, 2.05) is 24.3 Å². The van der Waals surface area contributed by atoms with Gasteiger partial charge in [0.05, 0.1) is 34.7 Å². The molecule has 2 aromatic carbocycles. The Morgan fingerprint density at radius 2 is 1.70 bits per heavy atom. The first kappa shape index (κ1) is 18.2. The zero-order valence-electron chi connectivity index (χ0n) is 15.8. The van der Waals surface area contributed by atoms with Crippen LogP contribution >= 0.6 is 0 Å². The van der Waals surface area contributed by atoms with Crippen molar-refractivity contribution >= 4 is 35.2 Å². The highest BCUT2D eigenvalue weighted by atomic mass is 16.6. The summed E-state index contributed by atoms with van der Waals surface area (Å²) in [4.78, 5) is 50.7. The summed E-state index contributed by atoms with van der Waals surface area (Å²) in [6.45, 7) is 1.40. The number of amides is 2. The Labute approximate surface area is 170 Å². The quantitative estimate of drug-likeness (QED) is 0.440. The van der Waals surface area contributed by atoms with Crippen LogP contribution in [0.15, 0.2) is 53.6 Å². The predicted molar refractivity (Wildman–Crippen MR) is 106 cm³/mol. The second-order valence-electron chi connectivity index (χ2n) is 7.59. The van der Waals surface area contributed by atoms with Crippen LogP contribution in [0.25, 0.3) is 0 Å². The first-order chi connectivity index (χ1) is 14.4. The van der Waals surface area contributed by atoms with Gasteiger partial charge in [0.15, 0.2) is 5.78 Å². The molecule has 5 rings (SSSR count). The van der Waals surface area contributed by atoms with Gasteiger partial charge in [0.2, 0.25) is 11.8 Å². The summed E-state index contributed by atoms with van der Waals surface area (Å²) in [5.74, 6) is -2.78. The molecule has 9 heteroatoms. The Bertz CT molecular complexity index is 1140. The van der Waals surface area contributed by atoms with Crippen LogP contribution in [0.4, 0.5) is 11.4 Å². The van der Waals surface area contributed by atoms with E-state index < -0.39 is 40.7 Å². The number of nitrogens with zero attached hydrogens (tertiary/aromatic N) is 4. The third-order valence-electron chi connectivity index (χ3n) is 6.03. The maximum atomic E-state index is 13.4. The Hall–Kier alpha value is -3.88. The van der Waals surface area contributed by atoms with Gasteiger partial charge in [-0.2, -0.15) is 5.10 Å². The number of anilines is 1. The van der Waals surface area contributed by atoms with Crippen LogP contribution in [-0.4, -0.2) is 39.8 Å². The number of Topliss-reactive ketones (excluding diaryl/α,β-unsaturated/α-hetero) is 1. The molecule has 150 valence electrons. The highest BCUT2D eigenvalue weighted by molar-refractivity contribution is 6.24. The van der Waals surface area contributed by atoms with Crippen LogP contribution in [0, 0.1) is 22.0 Å². The number of carbonyl (C=O) groups is 3. The van der Waals surface area contributed by atoms with Gasteiger partial charge in [0.25, 0.3) is 5.69 Å². The summed E-state index contributed by atoms with van der Waals surface area (Å²) in [6.07, 6.45) is 1.64. The average molecular weight is 404 g/mol. The van der Waals surface area contributed by atoms with Gasteiger partial charge in [-0.15, -0.1) is 0 Å². The van der Waals surface area contributed by atoms with E-state index in [1.54, 1.807) is 11.2 Å². The van der Waals surface area contributed by atoms with E-state index in [2.05, 4.69) is 5.10 Å². The lowest BCUT2D eigenvalue weighted by Gasteiger charge is -2.33. The van der Waals surface area contributed by atoms with E-state index in [4.69, 9.17) is 0 Å². The van der Waals surface area contributed by atoms with Crippen molar-refractivity contribution in [3.63, 3.8) is 0 Å². The number of non-ortho nitro benzene ring substituents is 1. The van der Waals surface area contributed by atoms with Crippen LogP contribution in [0.1, 0.15) is 24.1 Å². The molecule has 2 amide bonds. The molecule has 3 heterocycles. The zero-order chi connectivity index (χ0) is 21.2. The Morgan fingerprint density at radius 3 is 2.37 bits per heavy atom. The standard InChI is InChI=1S/C21H16N4O5/c1-11(26)18-16-17(19-15-5-3-2-4-12(15)10-22-24(18)19)21(28)23(20(16)27)13-6-8-14(9-7-13)25(29)30/h2-10,16-19H,1H3/t16-,17-,18-,19-/m1/s1. The molecule has 0 unspecified atom stereocenters. The summed E-state index contributed by atoms with van der Waals surface area (Å²) in [7, 11) is 0. The highest BCUT2D eigenvalue weighted by Crippen LogP contribution is 2.52. The Morgan fingerprint density at radius 1 is 1.03 bits per heavy atom. The van der Waals surface area contributed by atoms with E-state index in [0.717, 1.165) is 16.0 Å². The van der Waals surface area contributed by atoms with E-state index in [0.29, 0.717) is 0 Å². The molecule has 9 nitrogen and oxygen atoms in total. The largest absolute Gasteiger partial charge is 0.298 e. The van der Waals surface area contributed by atoms with E-state index >= 15 is 0 Å². The predicted octanol–water partition coefficient (Wildman–Crippen LogP) is 2.06. The van der Waals surface area contributed by atoms with Crippen molar-refractivity contribution in [1.82, 2.24) is 5.01 Å². The summed E-state index contributed by atoms with van der Waals surface area (Å²) in [5.41, 5.74) is 1.81. The van der Waals surface area contributed by atoms with Gasteiger partial charge in [0.1, 0.15) is 6.04 Å². The van der Waals surface area contributed by atoms with Crippen molar-refractivity contribution in [1.29, 1.82) is 0 Å². The molecular formula is C21H16N4O5. The normalized spacial score (nSPS) is 26.4. The molecule has 0 radical (unpaired) electrons. The van der Waals surface area contributed by atoms with Crippen molar-refractivity contribution in [3.8, 4) is 0 Å². The van der Waals surface area contributed by atoms with Gasteiger partial charge < -0.3 is 0 Å². The summed E-state index contributed by atoms with van der Waals surface area (Å²) >= 11 is 0. The van der Waals surface area contributed by atoms with Crippen molar-refractivity contribution in [2.45, 2.75) is 19.0 Å². The molecule has 3 aliphatic heterocycles. The van der Waals surface area contributed by atoms with Gasteiger partial charge in [0, 0.05) is 12.1 Å². The number of ketones is 1. The SMILES string of the molecule is CC(=O)[C@@H]1[C@@H]2C(=O)N(c3ccc([N+](=O)[O-])cc3)C(=O)[C@H]2[C@H]2c3ccccc3C=NN12. The fraction of sp³-hybridized carbons (Fsp3) is 0.238. The smallest absolute Gasteiger partial charge is 0.269 e. The van der Waals surface area contributed by atoms with Crippen LogP contribution in [-0.2, 0) is 14.4 Å². The maximum absolute atomic E-state index is 13.4. The van der Waals surface area contributed by atoms with Crippen molar-refractivity contribution in [2.75, 3.05) is 4.90 Å². The third kappa shape index (κ3) is 2.35. The average Bonchev–Trinajstić information content (AvgIpc) is 3.21. The minimum absolute atomic E-state index is 0.138. The zero-order valence-corrected chi connectivity index (χ0v) is 15.8. The molecule has 0 aliphatic carbocycles. The molecule has 3 aliphatic rings. The van der Waals surface area contributed by atoms with Crippen molar-refractivity contribution in [2.24, 2.45) is 16.9 Å². The molecule has 0 N–H and O–H groups in total. The lowest BCUT2D eigenvalue weighted by atomic mass is 9.84. The van der Waals surface area contributed by atoms with Crippen molar-refractivity contribution < 1.29 is 19.3 Å². The molecule has 0 bridgehead atoms. The minimum atomic E-state index is -0.863. The van der Waals surface area contributed by atoms with Crippen LogP contribution in [0.3, 0.4) is 0 Å². The number of hydrogen-bond donors (Lipinski definition) is 0. The maximum Gasteiger partial charge on any atom is 0.269 e. The van der Waals surface area contributed by atoms with Crippen LogP contribution < -0.4 is 4.90 Å². The van der Waals surface area contributed by atoms with Gasteiger partial charge in [-0.3, -0.25) is 29.5 Å². The summed E-state index contributed by atoms with van der Waals surface area (Å²) < 4.78 is 0. The number of benzene rings is 2. The number of fused-ring (bicyclic) bond motifs is 5. The molecule has 2 aromatic rings. The van der Waals surface area contributed by atoms with Crippen molar-refractivity contribution in [3.05, 3.63) is 69.8 Å². The molecule has 2 fully saturated rings. The van der Waals surface area contributed by atoms with Crippen LogP contribution in [0.2, 0.25) is 0 Å². The van der Waals surface area contributed by atoms with Gasteiger partial charge in [-0.25, -0.2) is 4.90 Å². The van der Waals surface area contributed by atoms with Gasteiger partial charge in [-0.05, 0) is 30.2 Å². The number of nitro benzene ring substituents is 1. The third-order valence-corrected chi connectivity index (χ3v) is 6.03. The lowest BCUT2D eigenvalue weighted by molar-refractivity contribution is -0.384. The van der Waals surface area contributed by atoms with E-state index in [1.165, 1.54) is 31.2 Å². The Balaban J connectivity index is 1.60. The Kier molecular flexibility index (Phi) is 3.82. The molecule has 0 aromatic heterocycles. The molecule has 4 atom stereocenters. The second-order valence-corrected chi connectivity index (χ2v) is 7.59. The molecule has 30 heavy (non-hydrogen) atoms. The van der Waals surface area contributed by atoms with Gasteiger partial charge >= 0.3 is 0 Å². The fourth-order valence-corrected chi connectivity index (χ4v) is 4.80. The molecule has 2 saturated heterocycles. The first-order valence-corrected chi connectivity index (χ1v) is 9.44. The fourth-order valence-electron chi connectivity index (χ4n) is 4.80. The topological polar surface area (TPSA) is 113 Å². The van der Waals surface area contributed by atoms with Crippen LogP contribution in [0.5, 0.6) is 0 Å². The summed E-state index contributed by atoms with van der Waals surface area (Å²) in [5, 5.41) is 16.9. The highest BCUT2D eigenvalue weighted by Gasteiger charge is 2.64. The molecule has 0 saturated carbocycles. The number of hydrazone groups is 1. The number of hydrogen-bond acceptors (Lipinski definition) is 7. The second kappa shape index (κ2) is 6.31. The van der Waals surface area contributed by atoms with E-state index in [-0.39, 0.29) is 17.2 Å². The molecule has 0 spiro atoms. The van der Waals surface area contributed by atoms with Gasteiger partial charge in [-0.1, -0.05) is 24.3 Å². The number of carbonyl (C=O) groups excluding carboxylic acids is 3. The minimum Gasteiger partial charge on any atom is -0.298 e. The number of nitro groups is 1. The molecular weight excluding hydrogens is 388 g/mol. The number of imide groups is 1. The number of rotatable bonds is 3.